The number of hydrogen-bond acceptors (Lipinski definition) is 4. The molecule has 0 aromatic carbocycles. The van der Waals surface area contributed by atoms with E-state index in [4.69, 9.17) is 19.9 Å². The summed E-state index contributed by atoms with van der Waals surface area (Å²) in [5, 5.41) is 0.224. The summed E-state index contributed by atoms with van der Waals surface area (Å²) >= 11 is 0. The van der Waals surface area contributed by atoms with E-state index in [1.54, 1.807) is 38.3 Å². The van der Waals surface area contributed by atoms with Gasteiger partial charge in [0.15, 0.2) is 0 Å². The van der Waals surface area contributed by atoms with Crippen LogP contribution in [0.2, 0.25) is 65.9 Å². The van der Waals surface area contributed by atoms with Crippen molar-refractivity contribution >= 4 is 25.2 Å². The number of rotatable bonds is 7. The van der Waals surface area contributed by atoms with Gasteiger partial charge in [0.1, 0.15) is 0 Å². The SMILES string of the molecule is CC(C)(C)P(C[C]12[CH]3[C]4([Si](C)(C)C)[CH]5[C]1(C(P)(c1cnccn1)c1cnccn1)[Fe]35241678[CH]2[CH]1[CH]6[CH]7[CH]28)C1C2CC3CC(C2)CC1C3. The molecule has 1 spiro atoms. The van der Waals surface area contributed by atoms with Crippen molar-refractivity contribution in [2.24, 2.45) is 23.7 Å². The second-order valence-corrected chi connectivity index (χ2v) is 55.8. The van der Waals surface area contributed by atoms with E-state index in [2.05, 4.69) is 62.0 Å². The maximum absolute atomic E-state index is 5.30. The van der Waals surface area contributed by atoms with E-state index >= 15 is 0 Å². The van der Waals surface area contributed by atoms with Crippen molar-refractivity contribution in [3.05, 3.63) is 48.6 Å². The molecule has 4 saturated carbocycles. The van der Waals surface area contributed by atoms with Crippen LogP contribution in [-0.2, 0) is 11.7 Å². The number of fused-ring (bicyclic) bond motifs is 10. The van der Waals surface area contributed by atoms with Gasteiger partial charge >= 0.3 is 265 Å². The molecule has 8 heteroatoms. The molecule has 0 amide bonds. The van der Waals surface area contributed by atoms with E-state index in [9.17, 15) is 0 Å². The van der Waals surface area contributed by atoms with E-state index in [1.165, 1.54) is 40.3 Å². The summed E-state index contributed by atoms with van der Waals surface area (Å²) in [7, 11) is 2.18. The second-order valence-electron chi connectivity index (χ2n) is 23.0. The molecule has 7 unspecified atom stereocenters. The summed E-state index contributed by atoms with van der Waals surface area (Å²) in [4.78, 5) is 28.6. The average Bonchev–Trinajstić information content (AvgIpc) is 3.94. The Morgan fingerprint density at radius 3 is 1.71 bits per heavy atom. The third kappa shape index (κ3) is 0.706. The Kier molecular flexibility index (Phi) is 2.20. The van der Waals surface area contributed by atoms with Gasteiger partial charge in [-0.05, 0) is 0 Å². The van der Waals surface area contributed by atoms with Crippen LogP contribution in [0.4, 0.5) is 0 Å². The predicted molar refractivity (Wildman–Crippen MR) is 185 cm³/mol. The zero-order valence-corrected chi connectivity index (χ0v) is 32.0. The normalized spacial score (nSPS) is 69.8. The number of aromatic nitrogens is 4. The molecule has 2 aromatic heterocycles. The molecule has 2 aromatic rings. The van der Waals surface area contributed by atoms with Crippen LogP contribution in [0.5, 0.6) is 0 Å². The molecule has 14 fully saturated rings. The summed E-state index contributed by atoms with van der Waals surface area (Å²) in [5.74, 6) is 4.23. The van der Waals surface area contributed by atoms with Crippen molar-refractivity contribution in [3.8, 4) is 0 Å². The molecule has 4 nitrogen and oxygen atoms in total. The first-order valence-corrected chi connectivity index (χ1v) is 30.3. The Labute approximate surface area is 263 Å². The first kappa shape index (κ1) is 24.8. The van der Waals surface area contributed by atoms with Gasteiger partial charge in [-0.15, -0.1) is 0 Å². The van der Waals surface area contributed by atoms with Gasteiger partial charge in [0.05, 0.1) is 0 Å². The third-order valence-electron chi connectivity index (χ3n) is 24.7. The Morgan fingerprint density at radius 1 is 0.800 bits per heavy atom. The first-order valence-electron chi connectivity index (χ1n) is 18.5. The Balaban J connectivity index is 1.04. The molecule has 10 saturated heterocycles. The van der Waals surface area contributed by atoms with Crippen molar-refractivity contribution in [1.82, 2.24) is 19.9 Å². The van der Waals surface area contributed by atoms with Crippen molar-refractivity contribution < 1.29 is 6.51 Å². The third-order valence-corrected chi connectivity index (χ3v) is 83.6. The fraction of sp³-hybridized carbons (Fsp3) is 0.784. The quantitative estimate of drug-likeness (QED) is 0.214. The van der Waals surface area contributed by atoms with Crippen molar-refractivity contribution in [2.45, 2.75) is 135 Å². The molecule has 16 rings (SSSR count). The van der Waals surface area contributed by atoms with Gasteiger partial charge in [-0.3, -0.25) is 0 Å². The molecule has 0 radical (unpaired) electrons. The maximum atomic E-state index is 5.30. The Morgan fingerprint density at radius 2 is 1.31 bits per heavy atom. The molecule has 12 heterocycles. The Hall–Kier alpha value is -0.244. The molecule has 7 atom stereocenters. The van der Waals surface area contributed by atoms with Crippen LogP contribution in [0.25, 0.3) is 0 Å². The van der Waals surface area contributed by atoms with Crippen molar-refractivity contribution in [2.75, 3.05) is 6.16 Å². The molecule has 10 aliphatic heterocycles. The number of nitrogens with zero attached hydrogens (tertiary/aromatic N) is 4. The van der Waals surface area contributed by atoms with Gasteiger partial charge in [-0.1, -0.05) is 0 Å². The standard InChI is InChI=1S/C32H45N4P2Si.C5H5.Fe/c1-31(2,3)38(30-23-12-21-11-22(14-23)15-24(30)13-21)20-25-16-26(39(4,5)6)17-27(25)32(37,28-18-33-7-9-35-28)29-19-34-8-10-36-29;1-2-4-5-3-1;/h7-10,16-19,21-24,30H,11-15,20,37H2,1-6H3;1-5H;. The average molecular weight is 697 g/mol. The molecule has 240 valence electrons. The fourth-order valence-electron chi connectivity index (χ4n) is 28.0. The van der Waals surface area contributed by atoms with E-state index in [0.29, 0.717) is 13.8 Å². The molecule has 4 bridgehead atoms. The van der Waals surface area contributed by atoms with E-state index in [-0.39, 0.29) is 13.1 Å². The molecule has 4 aliphatic carbocycles. The zero-order valence-electron chi connectivity index (χ0n) is 27.8. The van der Waals surface area contributed by atoms with Gasteiger partial charge in [0, 0.05) is 0 Å². The molecule has 0 N–H and O–H groups in total. The van der Waals surface area contributed by atoms with E-state index in [0.717, 1.165) is 38.1 Å². The van der Waals surface area contributed by atoms with Crippen LogP contribution >= 0.6 is 17.2 Å². The van der Waals surface area contributed by atoms with Crippen LogP contribution < -0.4 is 0 Å². The van der Waals surface area contributed by atoms with E-state index < -0.39 is 14.6 Å². The minimum atomic E-state index is -4.26. The van der Waals surface area contributed by atoms with Crippen LogP contribution in [-0.4, -0.2) is 45.0 Å². The second kappa shape index (κ2) is 3.98. The zero-order chi connectivity index (χ0) is 30.3. The predicted octanol–water partition coefficient (Wildman–Crippen LogP) is 9.87. The van der Waals surface area contributed by atoms with Crippen LogP contribution in [0.3, 0.4) is 0 Å². The monoisotopic (exact) mass is 696 g/mol. The van der Waals surface area contributed by atoms with Crippen molar-refractivity contribution in [1.29, 1.82) is 0 Å². The summed E-state index contributed by atoms with van der Waals surface area (Å²) < 4.78 is 2.03. The van der Waals surface area contributed by atoms with Crippen LogP contribution in [0.15, 0.2) is 37.2 Å². The first-order chi connectivity index (χ1) is 21.2. The van der Waals surface area contributed by atoms with Crippen LogP contribution in [0.1, 0.15) is 64.3 Å². The van der Waals surface area contributed by atoms with Gasteiger partial charge in [-0.2, -0.15) is 0 Å². The minimum absolute atomic E-state index is 0.0636. The summed E-state index contributed by atoms with van der Waals surface area (Å²) in [6.45, 7) is 12.5. The summed E-state index contributed by atoms with van der Waals surface area (Å²) in [6.07, 6.45) is 21.7. The topological polar surface area (TPSA) is 51.6 Å². The van der Waals surface area contributed by atoms with Gasteiger partial charge in [0.25, 0.3) is 0 Å². The summed E-state index contributed by atoms with van der Waals surface area (Å²) in [6, 6.07) is 0. The van der Waals surface area contributed by atoms with Crippen molar-refractivity contribution in [3.63, 3.8) is 0 Å². The fourth-order valence-corrected chi connectivity index (χ4v) is 144. The molecule has 45 heavy (non-hydrogen) atoms. The number of hydrogen-bond donors (Lipinski definition) is 0. The van der Waals surface area contributed by atoms with E-state index in [1.807, 2.05) is 24.8 Å². The van der Waals surface area contributed by atoms with Crippen LogP contribution in [0, 0.1) is 23.7 Å². The summed E-state index contributed by atoms with van der Waals surface area (Å²) in [5.41, 5.74) is 3.49. The van der Waals surface area contributed by atoms with Gasteiger partial charge < -0.3 is 0 Å². The molecular formula is C37H50FeN4P2Si. The van der Waals surface area contributed by atoms with Gasteiger partial charge in [0.2, 0.25) is 0 Å². The Bertz CT molecular complexity index is 2170. The molecule has 14 aliphatic rings. The molecular weight excluding hydrogens is 646 g/mol. The van der Waals surface area contributed by atoms with Gasteiger partial charge in [-0.25, -0.2) is 0 Å².